The summed E-state index contributed by atoms with van der Waals surface area (Å²) in [7, 11) is 0. The summed E-state index contributed by atoms with van der Waals surface area (Å²) in [5, 5.41) is 2.81. The van der Waals surface area contributed by atoms with Gasteiger partial charge in [-0.3, -0.25) is 9.59 Å². The molecule has 1 aliphatic rings. The van der Waals surface area contributed by atoms with Crippen LogP contribution in [0.1, 0.15) is 36.7 Å². The second-order valence-electron chi connectivity index (χ2n) is 6.27. The molecule has 1 aliphatic heterocycles. The molecule has 2 amide bonds. The highest BCUT2D eigenvalue weighted by Crippen LogP contribution is 2.15. The van der Waals surface area contributed by atoms with Gasteiger partial charge >= 0.3 is 0 Å². The quantitative estimate of drug-likeness (QED) is 0.661. The molecule has 0 aromatic heterocycles. The molecule has 0 bridgehead atoms. The Morgan fingerprint density at radius 1 is 1.16 bits per heavy atom. The summed E-state index contributed by atoms with van der Waals surface area (Å²) in [5.41, 5.74) is 1.61. The maximum absolute atomic E-state index is 12.6. The van der Waals surface area contributed by atoms with E-state index in [1.165, 1.54) is 6.08 Å². The molecule has 1 N–H and O–H groups in total. The lowest BCUT2D eigenvalue weighted by Gasteiger charge is -2.35. The van der Waals surface area contributed by atoms with Crippen LogP contribution in [0.5, 0.6) is 0 Å². The largest absolute Gasteiger partial charge is 0.372 e. The SMILES string of the molecule is C/C=C/C=C/C(=O)NCc1ccc(C(=O)N2C[C@H](C)O[C@@H](C)C2)cc1. The minimum Gasteiger partial charge on any atom is -0.372 e. The van der Waals surface area contributed by atoms with Gasteiger partial charge in [0, 0.05) is 31.3 Å². The Kier molecular flexibility index (Phi) is 6.95. The second-order valence-corrected chi connectivity index (χ2v) is 6.27. The van der Waals surface area contributed by atoms with Crippen molar-refractivity contribution in [1.82, 2.24) is 10.2 Å². The predicted molar refractivity (Wildman–Crippen MR) is 98.2 cm³/mol. The molecule has 5 nitrogen and oxygen atoms in total. The fraction of sp³-hybridized carbons (Fsp3) is 0.400. The fourth-order valence-corrected chi connectivity index (χ4v) is 2.79. The van der Waals surface area contributed by atoms with Gasteiger partial charge in [0.15, 0.2) is 0 Å². The van der Waals surface area contributed by atoms with E-state index in [-0.39, 0.29) is 24.0 Å². The lowest BCUT2D eigenvalue weighted by Crippen LogP contribution is -2.48. The predicted octanol–water partition coefficient (Wildman–Crippen LogP) is 2.68. The fourth-order valence-electron chi connectivity index (χ4n) is 2.79. The van der Waals surface area contributed by atoms with Crippen LogP contribution in [0.3, 0.4) is 0 Å². The number of rotatable bonds is 5. The van der Waals surface area contributed by atoms with Crippen molar-refractivity contribution in [2.24, 2.45) is 0 Å². The van der Waals surface area contributed by atoms with Crippen molar-refractivity contribution in [3.05, 3.63) is 59.7 Å². The highest BCUT2D eigenvalue weighted by Gasteiger charge is 2.26. The van der Waals surface area contributed by atoms with E-state index in [4.69, 9.17) is 4.74 Å². The summed E-state index contributed by atoms with van der Waals surface area (Å²) in [6.07, 6.45) is 6.94. The van der Waals surface area contributed by atoms with Crippen LogP contribution in [0.25, 0.3) is 0 Å². The number of nitrogens with one attached hydrogen (secondary N) is 1. The molecule has 5 heteroatoms. The van der Waals surface area contributed by atoms with Crippen molar-refractivity contribution in [3.8, 4) is 0 Å². The molecule has 0 spiro atoms. The van der Waals surface area contributed by atoms with Crippen LogP contribution in [0, 0.1) is 0 Å². The summed E-state index contributed by atoms with van der Waals surface area (Å²) in [5.74, 6) is -0.124. The van der Waals surface area contributed by atoms with E-state index < -0.39 is 0 Å². The van der Waals surface area contributed by atoms with Crippen molar-refractivity contribution < 1.29 is 14.3 Å². The summed E-state index contributed by atoms with van der Waals surface area (Å²) < 4.78 is 5.67. The molecule has 1 fully saturated rings. The van der Waals surface area contributed by atoms with Crippen molar-refractivity contribution in [3.63, 3.8) is 0 Å². The third-order valence-corrected chi connectivity index (χ3v) is 3.93. The van der Waals surface area contributed by atoms with Crippen LogP contribution in [0.15, 0.2) is 48.6 Å². The molecule has 0 unspecified atom stereocenters. The molecule has 1 saturated heterocycles. The molecule has 1 aromatic carbocycles. The third-order valence-electron chi connectivity index (χ3n) is 3.93. The number of hydrogen-bond acceptors (Lipinski definition) is 3. The lowest BCUT2D eigenvalue weighted by molar-refractivity contribution is -0.116. The molecule has 1 aromatic rings. The van der Waals surface area contributed by atoms with Crippen molar-refractivity contribution >= 4 is 11.8 Å². The third kappa shape index (κ3) is 5.87. The van der Waals surface area contributed by atoms with Crippen LogP contribution in [-0.2, 0) is 16.1 Å². The average Bonchev–Trinajstić information content (AvgIpc) is 2.59. The van der Waals surface area contributed by atoms with Crippen molar-refractivity contribution in [2.75, 3.05) is 13.1 Å². The van der Waals surface area contributed by atoms with Crippen LogP contribution in [-0.4, -0.2) is 42.0 Å². The number of carbonyl (C=O) groups is 2. The van der Waals surface area contributed by atoms with Crippen LogP contribution < -0.4 is 5.32 Å². The Morgan fingerprint density at radius 3 is 2.40 bits per heavy atom. The molecule has 0 aliphatic carbocycles. The minimum absolute atomic E-state index is 0.0203. The molecule has 25 heavy (non-hydrogen) atoms. The maximum Gasteiger partial charge on any atom is 0.254 e. The monoisotopic (exact) mass is 342 g/mol. The molecule has 0 saturated carbocycles. The highest BCUT2D eigenvalue weighted by molar-refractivity contribution is 5.94. The standard InChI is InChI=1S/C20H26N2O3/c1-4-5-6-7-19(23)21-12-17-8-10-18(11-9-17)20(24)22-13-15(2)25-16(3)14-22/h4-11,15-16H,12-14H2,1-3H3,(H,21,23)/b5-4+,7-6+/t15-,16-/m0/s1. The summed E-state index contributed by atoms with van der Waals surface area (Å²) in [6, 6.07) is 7.36. The Hall–Kier alpha value is -2.40. The molecular weight excluding hydrogens is 316 g/mol. The molecule has 1 heterocycles. The van der Waals surface area contributed by atoms with Gasteiger partial charge in [0.25, 0.3) is 5.91 Å². The zero-order valence-corrected chi connectivity index (χ0v) is 15.1. The van der Waals surface area contributed by atoms with Gasteiger partial charge in [-0.05, 0) is 38.5 Å². The zero-order valence-electron chi connectivity index (χ0n) is 15.1. The molecule has 0 radical (unpaired) electrons. The van der Waals surface area contributed by atoms with E-state index in [1.54, 1.807) is 12.2 Å². The van der Waals surface area contributed by atoms with E-state index in [1.807, 2.05) is 56.0 Å². The number of allylic oxidation sites excluding steroid dienone is 3. The Labute approximate surface area is 149 Å². The van der Waals surface area contributed by atoms with Crippen LogP contribution >= 0.6 is 0 Å². The first-order valence-electron chi connectivity index (χ1n) is 8.60. The van der Waals surface area contributed by atoms with E-state index >= 15 is 0 Å². The maximum atomic E-state index is 12.6. The summed E-state index contributed by atoms with van der Waals surface area (Å²) in [4.78, 5) is 26.1. The van der Waals surface area contributed by atoms with Gasteiger partial charge in [-0.15, -0.1) is 0 Å². The van der Waals surface area contributed by atoms with Gasteiger partial charge in [0.05, 0.1) is 12.2 Å². The first-order valence-corrected chi connectivity index (χ1v) is 8.60. The molecule has 2 atom stereocenters. The van der Waals surface area contributed by atoms with E-state index in [0.717, 1.165) is 5.56 Å². The number of carbonyl (C=O) groups excluding carboxylic acids is 2. The Bertz CT molecular complexity index is 639. The first kappa shape index (κ1) is 18.9. The number of benzene rings is 1. The minimum atomic E-state index is -0.144. The number of amides is 2. The van der Waals surface area contributed by atoms with Gasteiger partial charge in [0.1, 0.15) is 0 Å². The second kappa shape index (κ2) is 9.18. The molecule has 134 valence electrons. The summed E-state index contributed by atoms with van der Waals surface area (Å²) in [6.45, 7) is 7.50. The van der Waals surface area contributed by atoms with E-state index in [9.17, 15) is 9.59 Å². The van der Waals surface area contributed by atoms with E-state index in [2.05, 4.69) is 5.32 Å². The lowest BCUT2D eigenvalue weighted by atomic mass is 10.1. The Balaban J connectivity index is 1.91. The van der Waals surface area contributed by atoms with Gasteiger partial charge in [0.2, 0.25) is 5.91 Å². The number of ether oxygens (including phenoxy) is 1. The smallest absolute Gasteiger partial charge is 0.254 e. The molecular formula is C20H26N2O3. The summed E-state index contributed by atoms with van der Waals surface area (Å²) >= 11 is 0. The number of hydrogen-bond donors (Lipinski definition) is 1. The number of morpholine rings is 1. The van der Waals surface area contributed by atoms with Crippen molar-refractivity contribution in [1.29, 1.82) is 0 Å². The van der Waals surface area contributed by atoms with Crippen LogP contribution in [0.4, 0.5) is 0 Å². The van der Waals surface area contributed by atoms with Crippen molar-refractivity contribution in [2.45, 2.75) is 39.5 Å². The Morgan fingerprint density at radius 2 is 1.80 bits per heavy atom. The van der Waals surface area contributed by atoms with Gasteiger partial charge < -0.3 is 15.0 Å². The number of nitrogens with zero attached hydrogens (tertiary/aromatic N) is 1. The topological polar surface area (TPSA) is 58.6 Å². The molecule has 2 rings (SSSR count). The highest BCUT2D eigenvalue weighted by atomic mass is 16.5. The first-order chi connectivity index (χ1) is 12.0. The average molecular weight is 342 g/mol. The normalized spacial score (nSPS) is 21.0. The van der Waals surface area contributed by atoms with Crippen LogP contribution in [0.2, 0.25) is 0 Å². The zero-order chi connectivity index (χ0) is 18.2. The van der Waals surface area contributed by atoms with Gasteiger partial charge in [-0.2, -0.15) is 0 Å². The van der Waals surface area contributed by atoms with Gasteiger partial charge in [-0.1, -0.05) is 30.4 Å². The van der Waals surface area contributed by atoms with E-state index in [0.29, 0.717) is 25.2 Å². The van der Waals surface area contributed by atoms with Gasteiger partial charge in [-0.25, -0.2) is 0 Å².